The van der Waals surface area contributed by atoms with Crippen LogP contribution in [0.15, 0.2) is 0 Å². The summed E-state index contributed by atoms with van der Waals surface area (Å²) in [5, 5.41) is 6.12. The van der Waals surface area contributed by atoms with Crippen molar-refractivity contribution in [2.24, 2.45) is 0 Å². The standard InChI is InChI=1S/C10H20N2O2.2C2H6/c1-10(2,3)14-9(13)12-8-4-6-11-7-5-8;2*1-2/h8,11H,4-7H2,1-3H3,(H,12,13);2*1-2H3. The molecule has 0 aliphatic carbocycles. The van der Waals surface area contributed by atoms with Crippen molar-refractivity contribution in [3.8, 4) is 0 Å². The summed E-state index contributed by atoms with van der Waals surface area (Å²) >= 11 is 0. The van der Waals surface area contributed by atoms with E-state index in [2.05, 4.69) is 10.6 Å². The summed E-state index contributed by atoms with van der Waals surface area (Å²) in [6, 6.07) is 0.270. The minimum atomic E-state index is -0.406. The fourth-order valence-corrected chi connectivity index (χ4v) is 1.44. The van der Waals surface area contributed by atoms with Crippen LogP contribution in [0.25, 0.3) is 0 Å². The Morgan fingerprint density at radius 2 is 1.56 bits per heavy atom. The molecule has 1 amide bonds. The minimum Gasteiger partial charge on any atom is -0.444 e. The molecule has 1 aliphatic rings. The first-order valence-corrected chi connectivity index (χ1v) is 7.17. The van der Waals surface area contributed by atoms with E-state index in [0.29, 0.717) is 0 Å². The molecule has 0 aromatic rings. The first-order chi connectivity index (χ1) is 8.47. The third-order valence-corrected chi connectivity index (χ3v) is 2.06. The second kappa shape index (κ2) is 11.3. The van der Waals surface area contributed by atoms with Crippen LogP contribution in [-0.4, -0.2) is 30.8 Å². The second-order valence-corrected chi connectivity index (χ2v) is 4.67. The van der Waals surface area contributed by atoms with Crippen molar-refractivity contribution in [1.82, 2.24) is 10.6 Å². The fraction of sp³-hybridized carbons (Fsp3) is 0.929. The van der Waals surface area contributed by atoms with Gasteiger partial charge >= 0.3 is 6.09 Å². The Morgan fingerprint density at radius 3 is 1.94 bits per heavy atom. The van der Waals surface area contributed by atoms with Crippen LogP contribution in [0.3, 0.4) is 0 Å². The van der Waals surface area contributed by atoms with Gasteiger partial charge in [-0.2, -0.15) is 0 Å². The molecule has 0 spiro atoms. The number of amides is 1. The largest absolute Gasteiger partial charge is 0.444 e. The second-order valence-electron chi connectivity index (χ2n) is 4.67. The van der Waals surface area contributed by atoms with Crippen molar-refractivity contribution in [3.05, 3.63) is 0 Å². The quantitative estimate of drug-likeness (QED) is 0.760. The molecule has 1 rings (SSSR count). The molecular formula is C14H32N2O2. The summed E-state index contributed by atoms with van der Waals surface area (Å²) in [6.45, 7) is 15.6. The highest BCUT2D eigenvalue weighted by atomic mass is 16.6. The summed E-state index contributed by atoms with van der Waals surface area (Å²) in [5.74, 6) is 0. The predicted molar refractivity (Wildman–Crippen MR) is 78.0 cm³/mol. The topological polar surface area (TPSA) is 50.4 Å². The van der Waals surface area contributed by atoms with E-state index in [9.17, 15) is 4.79 Å². The van der Waals surface area contributed by atoms with Crippen LogP contribution in [0.5, 0.6) is 0 Å². The van der Waals surface area contributed by atoms with E-state index in [4.69, 9.17) is 4.74 Å². The summed E-state index contributed by atoms with van der Waals surface area (Å²) in [7, 11) is 0. The zero-order valence-electron chi connectivity index (χ0n) is 13.2. The van der Waals surface area contributed by atoms with Gasteiger partial charge < -0.3 is 15.4 Å². The Bertz CT molecular complexity index is 194. The molecule has 0 saturated carbocycles. The average Bonchev–Trinajstić information content (AvgIpc) is 2.33. The van der Waals surface area contributed by atoms with Crippen molar-refractivity contribution >= 4 is 6.09 Å². The van der Waals surface area contributed by atoms with E-state index in [1.165, 1.54) is 0 Å². The predicted octanol–water partition coefficient (Wildman–Crippen LogP) is 3.32. The maximum absolute atomic E-state index is 11.4. The first-order valence-electron chi connectivity index (χ1n) is 7.17. The lowest BCUT2D eigenvalue weighted by molar-refractivity contribution is 0.0495. The normalized spacial score (nSPS) is 15.5. The molecule has 1 heterocycles. The van der Waals surface area contributed by atoms with E-state index in [1.54, 1.807) is 0 Å². The lowest BCUT2D eigenvalue weighted by atomic mass is 10.1. The van der Waals surface area contributed by atoms with Crippen LogP contribution in [0, 0.1) is 0 Å². The van der Waals surface area contributed by atoms with Gasteiger partial charge in [-0.05, 0) is 46.7 Å². The highest BCUT2D eigenvalue weighted by Crippen LogP contribution is 2.08. The van der Waals surface area contributed by atoms with Gasteiger partial charge in [-0.1, -0.05) is 27.7 Å². The maximum atomic E-state index is 11.4. The van der Waals surface area contributed by atoms with Crippen LogP contribution in [0.1, 0.15) is 61.3 Å². The zero-order chi connectivity index (χ0) is 14.6. The molecule has 0 unspecified atom stereocenters. The van der Waals surface area contributed by atoms with Crippen LogP contribution >= 0.6 is 0 Å². The van der Waals surface area contributed by atoms with Gasteiger partial charge in [-0.3, -0.25) is 0 Å². The number of hydrogen-bond acceptors (Lipinski definition) is 3. The molecule has 1 fully saturated rings. The smallest absolute Gasteiger partial charge is 0.407 e. The molecule has 4 nitrogen and oxygen atoms in total. The molecule has 0 atom stereocenters. The number of hydrogen-bond donors (Lipinski definition) is 2. The molecule has 0 radical (unpaired) electrons. The number of alkyl carbamates (subject to hydrolysis) is 1. The van der Waals surface area contributed by atoms with Gasteiger partial charge in [0.15, 0.2) is 0 Å². The molecule has 18 heavy (non-hydrogen) atoms. The third-order valence-electron chi connectivity index (χ3n) is 2.06. The maximum Gasteiger partial charge on any atom is 0.407 e. The molecule has 110 valence electrons. The van der Waals surface area contributed by atoms with Crippen LogP contribution in [0.4, 0.5) is 4.79 Å². The Balaban J connectivity index is 0. The molecule has 1 saturated heterocycles. The van der Waals surface area contributed by atoms with Crippen molar-refractivity contribution in [2.45, 2.75) is 73.0 Å². The number of rotatable bonds is 1. The van der Waals surface area contributed by atoms with Gasteiger partial charge in [0.1, 0.15) is 5.60 Å². The lowest BCUT2D eigenvalue weighted by Gasteiger charge is -2.26. The Morgan fingerprint density at radius 1 is 1.11 bits per heavy atom. The first kappa shape index (κ1) is 19.6. The molecule has 4 heteroatoms. The van der Waals surface area contributed by atoms with Crippen molar-refractivity contribution in [3.63, 3.8) is 0 Å². The fourth-order valence-electron chi connectivity index (χ4n) is 1.44. The Labute approximate surface area is 113 Å². The number of ether oxygens (including phenoxy) is 1. The summed E-state index contributed by atoms with van der Waals surface area (Å²) in [5.41, 5.74) is -0.406. The van der Waals surface area contributed by atoms with Gasteiger partial charge in [0.05, 0.1) is 0 Å². The Hall–Kier alpha value is -0.770. The molecule has 0 bridgehead atoms. The van der Waals surface area contributed by atoms with E-state index in [1.807, 2.05) is 48.5 Å². The highest BCUT2D eigenvalue weighted by Gasteiger charge is 2.20. The molecular weight excluding hydrogens is 228 g/mol. The third kappa shape index (κ3) is 11.7. The average molecular weight is 260 g/mol. The van der Waals surface area contributed by atoms with E-state index in [0.717, 1.165) is 25.9 Å². The summed E-state index contributed by atoms with van der Waals surface area (Å²) < 4.78 is 5.17. The van der Waals surface area contributed by atoms with Crippen LogP contribution < -0.4 is 10.6 Å². The van der Waals surface area contributed by atoms with Gasteiger partial charge in [-0.15, -0.1) is 0 Å². The van der Waals surface area contributed by atoms with Crippen molar-refractivity contribution in [2.75, 3.05) is 13.1 Å². The number of carbonyl (C=O) groups excluding carboxylic acids is 1. The highest BCUT2D eigenvalue weighted by molar-refractivity contribution is 5.68. The van der Waals surface area contributed by atoms with Crippen molar-refractivity contribution in [1.29, 1.82) is 0 Å². The summed E-state index contributed by atoms with van der Waals surface area (Å²) in [4.78, 5) is 11.4. The van der Waals surface area contributed by atoms with Gasteiger partial charge in [0.2, 0.25) is 0 Å². The van der Waals surface area contributed by atoms with Crippen molar-refractivity contribution < 1.29 is 9.53 Å². The molecule has 0 aromatic heterocycles. The van der Waals surface area contributed by atoms with Gasteiger partial charge in [-0.25, -0.2) is 4.79 Å². The van der Waals surface area contributed by atoms with Gasteiger partial charge in [0, 0.05) is 6.04 Å². The minimum absolute atomic E-state index is 0.270. The van der Waals surface area contributed by atoms with E-state index >= 15 is 0 Å². The molecule has 1 aliphatic heterocycles. The number of nitrogens with one attached hydrogen (secondary N) is 2. The van der Waals surface area contributed by atoms with Gasteiger partial charge in [0.25, 0.3) is 0 Å². The van der Waals surface area contributed by atoms with E-state index in [-0.39, 0.29) is 12.1 Å². The molecule has 0 aromatic carbocycles. The van der Waals surface area contributed by atoms with Crippen LogP contribution in [-0.2, 0) is 4.74 Å². The Kier molecular flexibility index (Phi) is 12.3. The zero-order valence-corrected chi connectivity index (χ0v) is 13.2. The number of carbonyl (C=O) groups is 1. The SMILES string of the molecule is CC.CC.CC(C)(C)OC(=O)NC1CCNCC1. The molecule has 2 N–H and O–H groups in total. The monoisotopic (exact) mass is 260 g/mol. The lowest BCUT2D eigenvalue weighted by Crippen LogP contribution is -2.44. The summed E-state index contributed by atoms with van der Waals surface area (Å²) in [6.07, 6.45) is 1.67. The number of piperidine rings is 1. The van der Waals surface area contributed by atoms with Crippen LogP contribution in [0.2, 0.25) is 0 Å². The van der Waals surface area contributed by atoms with E-state index < -0.39 is 5.60 Å².